The summed E-state index contributed by atoms with van der Waals surface area (Å²) in [6.45, 7) is 7.01. The molecule has 21 heavy (non-hydrogen) atoms. The minimum Gasteiger partial charge on any atom is -0.463 e. The van der Waals surface area contributed by atoms with Gasteiger partial charge in [-0.15, -0.1) is 0 Å². The Bertz CT molecular complexity index is 289. The topological polar surface area (TPSA) is 52.6 Å². The van der Waals surface area contributed by atoms with Gasteiger partial charge in [0.05, 0.1) is 6.10 Å². The number of hydrogen-bond acceptors (Lipinski definition) is 4. The first-order valence-corrected chi connectivity index (χ1v) is 8.30. The highest BCUT2D eigenvalue weighted by molar-refractivity contribution is 5.66. The monoisotopic (exact) mass is 300 g/mol. The van der Waals surface area contributed by atoms with E-state index in [1.165, 1.54) is 33.1 Å². The van der Waals surface area contributed by atoms with Crippen molar-refractivity contribution in [3.05, 3.63) is 0 Å². The molecular weight excluding hydrogens is 268 g/mol. The van der Waals surface area contributed by atoms with Gasteiger partial charge in [-0.3, -0.25) is 9.59 Å². The van der Waals surface area contributed by atoms with E-state index in [9.17, 15) is 9.59 Å². The fraction of sp³-hybridized carbons (Fsp3) is 0.882. The van der Waals surface area contributed by atoms with E-state index < -0.39 is 0 Å². The van der Waals surface area contributed by atoms with Gasteiger partial charge in [-0.1, -0.05) is 26.2 Å². The second kappa shape index (κ2) is 12.7. The van der Waals surface area contributed by atoms with Crippen LogP contribution >= 0.6 is 0 Å². The molecule has 0 aliphatic heterocycles. The Kier molecular flexibility index (Phi) is 12.0. The Morgan fingerprint density at radius 3 is 1.86 bits per heavy atom. The van der Waals surface area contributed by atoms with Crippen LogP contribution in [0, 0.1) is 0 Å². The van der Waals surface area contributed by atoms with Crippen LogP contribution in [0.5, 0.6) is 0 Å². The van der Waals surface area contributed by atoms with Crippen LogP contribution in [0.1, 0.15) is 85.5 Å². The third-order valence-corrected chi connectivity index (χ3v) is 3.47. The average molecular weight is 300 g/mol. The zero-order chi connectivity index (χ0) is 16.1. The maximum absolute atomic E-state index is 11.1. The third kappa shape index (κ3) is 13.7. The molecule has 0 saturated carbocycles. The van der Waals surface area contributed by atoms with Crippen LogP contribution in [0.4, 0.5) is 0 Å². The molecule has 0 aromatic heterocycles. The molecule has 0 radical (unpaired) electrons. The second-order valence-electron chi connectivity index (χ2n) is 5.79. The third-order valence-electron chi connectivity index (χ3n) is 3.47. The molecule has 0 aromatic rings. The van der Waals surface area contributed by atoms with Gasteiger partial charge in [-0.2, -0.15) is 0 Å². The van der Waals surface area contributed by atoms with Crippen LogP contribution in [0.25, 0.3) is 0 Å². The first-order valence-electron chi connectivity index (χ1n) is 8.30. The number of esters is 2. The van der Waals surface area contributed by atoms with Crippen LogP contribution in [-0.4, -0.2) is 24.1 Å². The fourth-order valence-electron chi connectivity index (χ4n) is 2.44. The molecule has 4 heteroatoms. The zero-order valence-electron chi connectivity index (χ0n) is 14.2. The smallest absolute Gasteiger partial charge is 0.302 e. The molecule has 0 aliphatic carbocycles. The van der Waals surface area contributed by atoms with Gasteiger partial charge in [0.15, 0.2) is 0 Å². The Morgan fingerprint density at radius 1 is 0.810 bits per heavy atom. The molecule has 2 atom stereocenters. The zero-order valence-corrected chi connectivity index (χ0v) is 14.2. The summed E-state index contributed by atoms with van der Waals surface area (Å²) in [5.41, 5.74) is 0. The van der Waals surface area contributed by atoms with Crippen molar-refractivity contribution in [3.8, 4) is 0 Å². The highest BCUT2D eigenvalue weighted by atomic mass is 16.5. The Morgan fingerprint density at radius 2 is 1.33 bits per heavy atom. The standard InChI is InChI=1S/C17H32O4/c1-5-6-7-8-12-17(21-16(4)19)13-10-9-11-14(2)20-15(3)18/h14,17H,5-13H2,1-4H3. The number of rotatable bonds is 12. The quantitative estimate of drug-likeness (QED) is 0.396. The summed E-state index contributed by atoms with van der Waals surface area (Å²) < 4.78 is 10.5. The Balaban J connectivity index is 3.84. The molecule has 2 unspecified atom stereocenters. The molecule has 0 saturated heterocycles. The van der Waals surface area contributed by atoms with E-state index in [4.69, 9.17) is 9.47 Å². The number of carbonyl (C=O) groups is 2. The highest BCUT2D eigenvalue weighted by Crippen LogP contribution is 2.16. The van der Waals surface area contributed by atoms with Crippen molar-refractivity contribution >= 4 is 11.9 Å². The van der Waals surface area contributed by atoms with Gasteiger partial charge in [-0.25, -0.2) is 0 Å². The van der Waals surface area contributed by atoms with Gasteiger partial charge in [0.25, 0.3) is 0 Å². The van der Waals surface area contributed by atoms with Crippen molar-refractivity contribution in [1.82, 2.24) is 0 Å². The summed E-state index contributed by atoms with van der Waals surface area (Å²) in [4.78, 5) is 21.9. The van der Waals surface area contributed by atoms with Gasteiger partial charge >= 0.3 is 11.9 Å². The van der Waals surface area contributed by atoms with E-state index in [1.54, 1.807) is 0 Å². The largest absolute Gasteiger partial charge is 0.463 e. The van der Waals surface area contributed by atoms with Crippen LogP contribution in [0.15, 0.2) is 0 Å². The van der Waals surface area contributed by atoms with E-state index in [0.29, 0.717) is 0 Å². The van der Waals surface area contributed by atoms with Crippen LogP contribution in [0.3, 0.4) is 0 Å². The van der Waals surface area contributed by atoms with Crippen molar-refractivity contribution < 1.29 is 19.1 Å². The van der Waals surface area contributed by atoms with E-state index in [-0.39, 0.29) is 24.1 Å². The summed E-state index contributed by atoms with van der Waals surface area (Å²) in [5, 5.41) is 0. The van der Waals surface area contributed by atoms with E-state index in [2.05, 4.69) is 6.92 Å². The normalized spacial score (nSPS) is 13.5. The molecule has 0 aliphatic rings. The predicted molar refractivity (Wildman–Crippen MR) is 84.0 cm³/mol. The average Bonchev–Trinajstić information content (AvgIpc) is 2.37. The molecular formula is C17H32O4. The highest BCUT2D eigenvalue weighted by Gasteiger charge is 2.12. The number of carbonyl (C=O) groups excluding carboxylic acids is 2. The molecule has 124 valence electrons. The Hall–Kier alpha value is -1.06. The first-order chi connectivity index (χ1) is 9.95. The van der Waals surface area contributed by atoms with E-state index >= 15 is 0 Å². The number of hydrogen-bond donors (Lipinski definition) is 0. The van der Waals surface area contributed by atoms with Crippen molar-refractivity contribution in [2.45, 2.75) is 97.7 Å². The van der Waals surface area contributed by atoms with Gasteiger partial charge in [0.2, 0.25) is 0 Å². The van der Waals surface area contributed by atoms with Crippen molar-refractivity contribution in [1.29, 1.82) is 0 Å². The SMILES string of the molecule is CCCCCCC(CCCCC(C)OC(C)=O)OC(C)=O. The molecule has 0 aromatic carbocycles. The summed E-state index contributed by atoms with van der Waals surface area (Å²) in [6.07, 6.45) is 9.51. The van der Waals surface area contributed by atoms with Crippen LogP contribution in [-0.2, 0) is 19.1 Å². The summed E-state index contributed by atoms with van der Waals surface area (Å²) in [6, 6.07) is 0. The minimum absolute atomic E-state index is 0.0285. The van der Waals surface area contributed by atoms with Crippen molar-refractivity contribution in [2.75, 3.05) is 0 Å². The maximum atomic E-state index is 11.1. The lowest BCUT2D eigenvalue weighted by Gasteiger charge is -2.17. The van der Waals surface area contributed by atoms with Gasteiger partial charge in [0.1, 0.15) is 6.10 Å². The number of ether oxygens (including phenoxy) is 2. The molecule has 0 fully saturated rings. The number of unbranched alkanes of at least 4 members (excludes halogenated alkanes) is 4. The molecule has 0 rings (SSSR count). The molecule has 0 amide bonds. The minimum atomic E-state index is -0.226. The lowest BCUT2D eigenvalue weighted by atomic mass is 10.0. The lowest BCUT2D eigenvalue weighted by Crippen LogP contribution is -2.17. The van der Waals surface area contributed by atoms with Gasteiger partial charge in [-0.05, 0) is 45.4 Å². The molecule has 0 heterocycles. The predicted octanol–water partition coefficient (Wildman–Crippen LogP) is 4.40. The van der Waals surface area contributed by atoms with Crippen molar-refractivity contribution in [3.63, 3.8) is 0 Å². The lowest BCUT2D eigenvalue weighted by molar-refractivity contribution is -0.148. The molecule has 0 spiro atoms. The summed E-state index contributed by atoms with van der Waals surface area (Å²) in [7, 11) is 0. The fourth-order valence-corrected chi connectivity index (χ4v) is 2.44. The Labute approximate surface area is 129 Å². The van der Waals surface area contributed by atoms with Crippen LogP contribution in [0.2, 0.25) is 0 Å². The molecule has 0 bridgehead atoms. The van der Waals surface area contributed by atoms with E-state index in [1.807, 2.05) is 6.92 Å². The van der Waals surface area contributed by atoms with E-state index in [0.717, 1.165) is 38.5 Å². The summed E-state index contributed by atoms with van der Waals surface area (Å²) in [5.74, 6) is -0.417. The van der Waals surface area contributed by atoms with Gasteiger partial charge in [0, 0.05) is 13.8 Å². The second-order valence-corrected chi connectivity index (χ2v) is 5.79. The summed E-state index contributed by atoms with van der Waals surface area (Å²) >= 11 is 0. The molecule has 0 N–H and O–H groups in total. The van der Waals surface area contributed by atoms with Crippen LogP contribution < -0.4 is 0 Å². The van der Waals surface area contributed by atoms with Crippen molar-refractivity contribution in [2.24, 2.45) is 0 Å². The van der Waals surface area contributed by atoms with Gasteiger partial charge < -0.3 is 9.47 Å². The molecule has 4 nitrogen and oxygen atoms in total. The maximum Gasteiger partial charge on any atom is 0.302 e. The first kappa shape index (κ1) is 19.9.